The number of carbonyl (C=O) groups excluding carboxylic acids is 2. The molecule has 5 nitrogen and oxygen atoms in total. The maximum absolute atomic E-state index is 12.1. The van der Waals surface area contributed by atoms with Crippen LogP contribution in [-0.2, 0) is 4.79 Å². The van der Waals surface area contributed by atoms with E-state index >= 15 is 0 Å². The van der Waals surface area contributed by atoms with Crippen LogP contribution in [0.3, 0.4) is 0 Å². The molecule has 0 bridgehead atoms. The summed E-state index contributed by atoms with van der Waals surface area (Å²) in [6.45, 7) is 1.22. The van der Waals surface area contributed by atoms with Crippen LogP contribution in [0.25, 0.3) is 0 Å². The largest absolute Gasteiger partial charge is 0.336 e. The smallest absolute Gasteiger partial charge is 0.336 e. The fourth-order valence-corrected chi connectivity index (χ4v) is 2.83. The molecule has 0 spiro atoms. The van der Waals surface area contributed by atoms with Crippen molar-refractivity contribution in [2.45, 2.75) is 18.8 Å². The van der Waals surface area contributed by atoms with Crippen molar-refractivity contribution >= 4 is 23.5 Å². The van der Waals surface area contributed by atoms with Crippen LogP contribution in [0.2, 0.25) is 5.02 Å². The number of carbonyl (C=O) groups is 2. The summed E-state index contributed by atoms with van der Waals surface area (Å²) in [5, 5.41) is 4.75. The summed E-state index contributed by atoms with van der Waals surface area (Å²) < 4.78 is 0. The van der Waals surface area contributed by atoms with Crippen LogP contribution in [0.5, 0.6) is 0 Å². The Kier molecular flexibility index (Phi) is 3.53. The second-order valence-electron chi connectivity index (χ2n) is 5.18. The molecular weight excluding hydrogens is 278 g/mol. The van der Waals surface area contributed by atoms with E-state index in [0.717, 1.165) is 18.4 Å². The van der Waals surface area contributed by atoms with Gasteiger partial charge in [-0.15, -0.1) is 0 Å². The Morgan fingerprint density at radius 3 is 2.95 bits per heavy atom. The lowest BCUT2D eigenvalue weighted by atomic mass is 10.1. The molecule has 1 aliphatic heterocycles. The van der Waals surface area contributed by atoms with Gasteiger partial charge in [-0.1, -0.05) is 29.8 Å². The van der Waals surface area contributed by atoms with Gasteiger partial charge in [0.05, 0.1) is 0 Å². The van der Waals surface area contributed by atoms with Crippen LogP contribution in [0.4, 0.5) is 4.79 Å². The molecule has 2 unspecified atom stereocenters. The average Bonchev–Trinajstić information content (AvgIpc) is 3.22. The molecule has 2 aliphatic rings. The molecule has 106 valence electrons. The van der Waals surface area contributed by atoms with Crippen LogP contribution in [0.1, 0.15) is 24.3 Å². The molecule has 0 radical (unpaired) electrons. The van der Waals surface area contributed by atoms with Crippen LogP contribution < -0.4 is 10.7 Å². The Bertz CT molecular complexity index is 549. The molecule has 1 saturated heterocycles. The second kappa shape index (κ2) is 5.32. The number of nitrogens with one attached hydrogen (secondary N) is 2. The van der Waals surface area contributed by atoms with E-state index in [2.05, 4.69) is 10.7 Å². The number of halogens is 1. The van der Waals surface area contributed by atoms with E-state index in [1.807, 2.05) is 24.3 Å². The number of rotatable bonds is 3. The summed E-state index contributed by atoms with van der Waals surface area (Å²) in [5.41, 5.74) is 3.70. The fraction of sp³-hybridized carbons (Fsp3) is 0.429. The van der Waals surface area contributed by atoms with Crippen molar-refractivity contribution in [3.8, 4) is 0 Å². The Morgan fingerprint density at radius 1 is 1.40 bits per heavy atom. The summed E-state index contributed by atoms with van der Waals surface area (Å²) in [6.07, 6.45) is 1.62. The van der Waals surface area contributed by atoms with Crippen LogP contribution in [-0.4, -0.2) is 30.0 Å². The minimum atomic E-state index is -0.237. The van der Waals surface area contributed by atoms with E-state index in [-0.39, 0.29) is 23.8 Å². The van der Waals surface area contributed by atoms with Crippen molar-refractivity contribution in [1.29, 1.82) is 0 Å². The van der Waals surface area contributed by atoms with Gasteiger partial charge in [-0.05, 0) is 30.4 Å². The number of hydrogen-bond acceptors (Lipinski definition) is 2. The molecule has 2 N–H and O–H groups in total. The van der Waals surface area contributed by atoms with E-state index in [0.29, 0.717) is 18.1 Å². The molecule has 3 rings (SSSR count). The highest BCUT2D eigenvalue weighted by Gasteiger charge is 2.45. The molecule has 6 heteroatoms. The first kappa shape index (κ1) is 13.2. The molecule has 3 amide bonds. The molecule has 1 aromatic rings. The molecule has 0 aromatic heterocycles. The fourth-order valence-electron chi connectivity index (χ4n) is 2.56. The van der Waals surface area contributed by atoms with Gasteiger partial charge in [0.1, 0.15) is 0 Å². The number of hydrogen-bond donors (Lipinski definition) is 2. The third-order valence-corrected chi connectivity index (χ3v) is 4.10. The number of urea groups is 1. The third kappa shape index (κ3) is 2.58. The van der Waals surface area contributed by atoms with Crippen LogP contribution in [0, 0.1) is 5.92 Å². The van der Waals surface area contributed by atoms with Gasteiger partial charge in [0.2, 0.25) is 5.91 Å². The molecular formula is C14H16ClN3O2. The van der Waals surface area contributed by atoms with Gasteiger partial charge in [-0.25, -0.2) is 9.80 Å². The van der Waals surface area contributed by atoms with Gasteiger partial charge in [0, 0.05) is 24.0 Å². The highest BCUT2D eigenvalue weighted by Crippen LogP contribution is 2.49. The molecule has 1 saturated carbocycles. The quantitative estimate of drug-likeness (QED) is 0.894. The average molecular weight is 294 g/mol. The van der Waals surface area contributed by atoms with Crippen LogP contribution >= 0.6 is 11.6 Å². The molecule has 1 aliphatic carbocycles. The highest BCUT2D eigenvalue weighted by molar-refractivity contribution is 6.31. The zero-order chi connectivity index (χ0) is 14.1. The van der Waals surface area contributed by atoms with Gasteiger partial charge < -0.3 is 5.32 Å². The van der Waals surface area contributed by atoms with Crippen molar-refractivity contribution in [2.75, 3.05) is 13.1 Å². The first-order valence-electron chi connectivity index (χ1n) is 6.77. The van der Waals surface area contributed by atoms with E-state index in [1.165, 1.54) is 5.01 Å². The minimum Gasteiger partial charge on any atom is -0.336 e. The van der Waals surface area contributed by atoms with Gasteiger partial charge in [0.25, 0.3) is 0 Å². The van der Waals surface area contributed by atoms with Gasteiger partial charge >= 0.3 is 6.03 Å². The normalized spacial score (nSPS) is 25.1. The Balaban J connectivity index is 1.60. The topological polar surface area (TPSA) is 61.4 Å². The maximum Gasteiger partial charge on any atom is 0.336 e. The van der Waals surface area contributed by atoms with Gasteiger partial charge in [-0.2, -0.15) is 0 Å². The zero-order valence-corrected chi connectivity index (χ0v) is 11.7. The number of nitrogens with zero attached hydrogens (tertiary/aromatic N) is 1. The summed E-state index contributed by atoms with van der Waals surface area (Å²) in [5.74, 6) is -0.0341. The van der Waals surface area contributed by atoms with Gasteiger partial charge in [-0.3, -0.25) is 10.2 Å². The monoisotopic (exact) mass is 293 g/mol. The zero-order valence-electron chi connectivity index (χ0n) is 10.9. The predicted molar refractivity (Wildman–Crippen MR) is 75.2 cm³/mol. The van der Waals surface area contributed by atoms with Crippen molar-refractivity contribution < 1.29 is 9.59 Å². The predicted octanol–water partition coefficient (Wildman–Crippen LogP) is 1.89. The number of benzene rings is 1. The Hall–Kier alpha value is -1.75. The van der Waals surface area contributed by atoms with E-state index in [4.69, 9.17) is 11.6 Å². The molecule has 1 heterocycles. The number of hydrazine groups is 1. The first-order valence-corrected chi connectivity index (χ1v) is 7.15. The van der Waals surface area contributed by atoms with E-state index in [9.17, 15) is 9.59 Å². The summed E-state index contributed by atoms with van der Waals surface area (Å²) in [4.78, 5) is 23.7. The lowest BCUT2D eigenvalue weighted by Gasteiger charge is -2.27. The Morgan fingerprint density at radius 2 is 2.20 bits per heavy atom. The molecule has 2 fully saturated rings. The van der Waals surface area contributed by atoms with Crippen molar-refractivity contribution in [1.82, 2.24) is 15.8 Å². The third-order valence-electron chi connectivity index (χ3n) is 3.76. The first-order chi connectivity index (χ1) is 9.66. The Labute approximate surface area is 122 Å². The van der Waals surface area contributed by atoms with Crippen molar-refractivity contribution in [2.24, 2.45) is 5.92 Å². The summed E-state index contributed by atoms with van der Waals surface area (Å²) in [7, 11) is 0. The van der Waals surface area contributed by atoms with Gasteiger partial charge in [0.15, 0.2) is 0 Å². The number of amides is 3. The molecule has 1 aromatic carbocycles. The second-order valence-corrected chi connectivity index (χ2v) is 5.59. The van der Waals surface area contributed by atoms with E-state index < -0.39 is 0 Å². The van der Waals surface area contributed by atoms with Crippen molar-refractivity contribution in [3.63, 3.8) is 0 Å². The van der Waals surface area contributed by atoms with Crippen LogP contribution in [0.15, 0.2) is 24.3 Å². The standard InChI is InChI=1S/C14H16ClN3O2/c15-12-5-2-1-4-9(12)10-8-11(10)13(19)17-18-7-3-6-16-14(18)20/h1-2,4-5,10-11H,3,6-8H2,(H,16,20)(H,17,19). The highest BCUT2D eigenvalue weighted by atomic mass is 35.5. The van der Waals surface area contributed by atoms with E-state index in [1.54, 1.807) is 0 Å². The minimum absolute atomic E-state index is 0.0929. The SMILES string of the molecule is O=C(NN1CCCNC1=O)C1CC1c1ccccc1Cl. The molecule has 20 heavy (non-hydrogen) atoms. The molecule has 2 atom stereocenters. The summed E-state index contributed by atoms with van der Waals surface area (Å²) >= 11 is 6.14. The summed E-state index contributed by atoms with van der Waals surface area (Å²) in [6, 6.07) is 7.35. The van der Waals surface area contributed by atoms with Crippen molar-refractivity contribution in [3.05, 3.63) is 34.9 Å². The lowest BCUT2D eigenvalue weighted by Crippen LogP contribution is -2.55. The maximum atomic E-state index is 12.1. The lowest BCUT2D eigenvalue weighted by molar-refractivity contribution is -0.126.